The Morgan fingerprint density at radius 3 is 2.16 bits per heavy atom. The number of hydrogen-bond acceptors (Lipinski definition) is 8. The Bertz CT molecular complexity index is 1680. The number of rotatable bonds is 13. The molecular weight excluding hydrogens is 612 g/mol. The summed E-state index contributed by atoms with van der Waals surface area (Å²) in [5.74, 6) is 1.28. The lowest BCUT2D eigenvalue weighted by molar-refractivity contribution is -0.114. The molecule has 0 aliphatic heterocycles. The van der Waals surface area contributed by atoms with E-state index in [1.807, 2.05) is 36.4 Å². The van der Waals surface area contributed by atoms with Gasteiger partial charge in [0.1, 0.15) is 18.0 Å². The maximum Gasteiger partial charge on any atom is 0.265 e. The average Bonchev–Trinajstić information content (AvgIpc) is 3.03. The van der Waals surface area contributed by atoms with E-state index in [1.165, 1.54) is 64.5 Å². The number of nitrogens with zero attached hydrogens (tertiary/aromatic N) is 1. The second-order valence-electron chi connectivity index (χ2n) is 9.03. The van der Waals surface area contributed by atoms with E-state index in [0.29, 0.717) is 28.0 Å². The van der Waals surface area contributed by atoms with Gasteiger partial charge in [-0.1, -0.05) is 35.9 Å². The van der Waals surface area contributed by atoms with Crippen LogP contribution >= 0.6 is 23.4 Å². The molecule has 0 bridgehead atoms. The van der Waals surface area contributed by atoms with Crippen LogP contribution in [-0.2, 0) is 20.6 Å². The Hall–Kier alpha value is -4.06. The van der Waals surface area contributed by atoms with Gasteiger partial charge >= 0.3 is 0 Å². The summed E-state index contributed by atoms with van der Waals surface area (Å²) in [6.07, 6.45) is 0. The molecule has 0 unspecified atom stereocenters. The Labute approximate surface area is 260 Å². The van der Waals surface area contributed by atoms with Gasteiger partial charge in [-0.2, -0.15) is 0 Å². The zero-order valence-electron chi connectivity index (χ0n) is 24.0. The summed E-state index contributed by atoms with van der Waals surface area (Å²) < 4.78 is 50.7. The van der Waals surface area contributed by atoms with E-state index in [0.717, 1.165) is 14.8 Å². The molecule has 0 atom stereocenters. The Kier molecular flexibility index (Phi) is 10.7. The fourth-order valence-electron chi connectivity index (χ4n) is 4.15. The largest absolute Gasteiger partial charge is 0.497 e. The number of benzene rings is 4. The molecule has 4 aromatic carbocycles. The van der Waals surface area contributed by atoms with Crippen LogP contribution in [0.2, 0.25) is 5.02 Å². The quantitative estimate of drug-likeness (QED) is 0.165. The third kappa shape index (κ3) is 7.67. The highest BCUT2D eigenvalue weighted by Crippen LogP contribution is 2.38. The number of carbonyl (C=O) groups excluding carboxylic acids is 1. The summed E-state index contributed by atoms with van der Waals surface area (Å²) in [6, 6.07) is 23.8. The molecule has 0 spiro atoms. The first kappa shape index (κ1) is 31.9. The van der Waals surface area contributed by atoms with Gasteiger partial charge in [-0.15, -0.1) is 11.8 Å². The van der Waals surface area contributed by atoms with Crippen molar-refractivity contribution in [3.8, 4) is 23.0 Å². The van der Waals surface area contributed by atoms with Crippen molar-refractivity contribution in [2.24, 2.45) is 0 Å². The second-order valence-corrected chi connectivity index (χ2v) is 12.3. The predicted octanol–water partition coefficient (Wildman–Crippen LogP) is 6.50. The van der Waals surface area contributed by atoms with Crippen molar-refractivity contribution in [3.63, 3.8) is 0 Å². The summed E-state index contributed by atoms with van der Waals surface area (Å²) in [5.41, 5.74) is 1.73. The average molecular weight is 643 g/mol. The van der Waals surface area contributed by atoms with E-state index < -0.39 is 22.5 Å². The zero-order chi connectivity index (χ0) is 31.0. The van der Waals surface area contributed by atoms with E-state index >= 15 is 0 Å². The monoisotopic (exact) mass is 642 g/mol. The zero-order valence-corrected chi connectivity index (χ0v) is 26.4. The topological polar surface area (TPSA) is 103 Å². The molecule has 4 rings (SSSR count). The molecule has 1 N–H and O–H groups in total. The van der Waals surface area contributed by atoms with E-state index in [-0.39, 0.29) is 22.1 Å². The highest BCUT2D eigenvalue weighted by atomic mass is 35.5. The van der Waals surface area contributed by atoms with Gasteiger partial charge in [0.15, 0.2) is 11.5 Å². The number of ether oxygens (including phenoxy) is 4. The molecule has 0 aliphatic carbocycles. The fraction of sp³-hybridized carbons (Fsp3) is 0.194. The van der Waals surface area contributed by atoms with Crippen LogP contribution in [0.25, 0.3) is 0 Å². The minimum Gasteiger partial charge on any atom is -0.497 e. The number of thioether (sulfide) groups is 1. The number of amides is 1. The van der Waals surface area contributed by atoms with Crippen LogP contribution < -0.4 is 28.6 Å². The van der Waals surface area contributed by atoms with Gasteiger partial charge < -0.3 is 24.3 Å². The number of anilines is 2. The third-order valence-electron chi connectivity index (χ3n) is 6.35. The van der Waals surface area contributed by atoms with Crippen LogP contribution in [0.5, 0.6) is 23.0 Å². The van der Waals surface area contributed by atoms with Crippen molar-refractivity contribution >= 4 is 50.7 Å². The van der Waals surface area contributed by atoms with E-state index in [2.05, 4.69) is 5.32 Å². The molecular formula is C31H31ClN2O7S2. The first-order chi connectivity index (χ1) is 20.7. The molecule has 43 heavy (non-hydrogen) atoms. The highest BCUT2D eigenvalue weighted by molar-refractivity contribution is 7.98. The Morgan fingerprint density at radius 2 is 1.49 bits per heavy atom. The number of carbonyl (C=O) groups is 1. The summed E-state index contributed by atoms with van der Waals surface area (Å²) in [4.78, 5) is 14.3. The van der Waals surface area contributed by atoms with Gasteiger partial charge in [-0.3, -0.25) is 9.10 Å². The first-order valence-corrected chi connectivity index (χ1v) is 15.7. The standard InChI is InChI=1S/C31H31ClN2O7S2/c1-38-23-13-15-27(39-2)26(17-23)34(43(36,37)24-14-16-28(40-3)29(18-24)41-4)19-31(35)33-25-7-5-6-8-30(25)42-20-21-9-11-22(32)12-10-21/h5-18H,19-20H2,1-4H3,(H,33,35). The number of hydrogen-bond donors (Lipinski definition) is 1. The Balaban J connectivity index is 1.67. The van der Waals surface area contributed by atoms with Gasteiger partial charge in [0.05, 0.1) is 44.7 Å². The number of nitrogens with one attached hydrogen (secondary N) is 1. The lowest BCUT2D eigenvalue weighted by Crippen LogP contribution is -2.38. The smallest absolute Gasteiger partial charge is 0.265 e. The van der Waals surface area contributed by atoms with Crippen molar-refractivity contribution in [2.45, 2.75) is 15.5 Å². The van der Waals surface area contributed by atoms with Crippen LogP contribution in [-0.4, -0.2) is 49.3 Å². The maximum absolute atomic E-state index is 14.1. The lowest BCUT2D eigenvalue weighted by Gasteiger charge is -2.26. The lowest BCUT2D eigenvalue weighted by atomic mass is 10.2. The molecule has 0 saturated carbocycles. The number of sulfonamides is 1. The Morgan fingerprint density at radius 1 is 0.814 bits per heavy atom. The highest BCUT2D eigenvalue weighted by Gasteiger charge is 2.31. The summed E-state index contributed by atoms with van der Waals surface area (Å²) >= 11 is 7.54. The van der Waals surface area contributed by atoms with E-state index in [1.54, 1.807) is 24.3 Å². The van der Waals surface area contributed by atoms with Crippen molar-refractivity contribution in [2.75, 3.05) is 44.6 Å². The minimum absolute atomic E-state index is 0.109. The van der Waals surface area contributed by atoms with Crippen molar-refractivity contribution < 1.29 is 32.2 Å². The molecule has 1 amide bonds. The van der Waals surface area contributed by atoms with Gasteiger partial charge in [-0.05, 0) is 54.1 Å². The minimum atomic E-state index is -4.33. The van der Waals surface area contributed by atoms with Crippen LogP contribution in [0, 0.1) is 0 Å². The molecule has 0 fully saturated rings. The third-order valence-corrected chi connectivity index (χ3v) is 9.51. The first-order valence-electron chi connectivity index (χ1n) is 12.9. The van der Waals surface area contributed by atoms with Crippen LogP contribution in [0.3, 0.4) is 0 Å². The maximum atomic E-state index is 14.1. The molecule has 0 aliphatic rings. The van der Waals surface area contributed by atoms with Crippen LogP contribution in [0.4, 0.5) is 11.4 Å². The van der Waals surface area contributed by atoms with Gasteiger partial charge in [0, 0.05) is 27.8 Å². The van der Waals surface area contributed by atoms with Crippen molar-refractivity contribution in [3.05, 3.63) is 95.5 Å². The van der Waals surface area contributed by atoms with Crippen LogP contribution in [0.1, 0.15) is 5.56 Å². The second kappa shape index (κ2) is 14.4. The summed E-state index contributed by atoms with van der Waals surface area (Å²) in [7, 11) is 1.41. The summed E-state index contributed by atoms with van der Waals surface area (Å²) in [6.45, 7) is -0.559. The molecule has 226 valence electrons. The predicted molar refractivity (Wildman–Crippen MR) is 170 cm³/mol. The summed E-state index contributed by atoms with van der Waals surface area (Å²) in [5, 5.41) is 3.54. The van der Waals surface area contributed by atoms with Gasteiger partial charge in [0.2, 0.25) is 5.91 Å². The SMILES string of the molecule is COc1ccc(OC)c(N(CC(=O)Nc2ccccc2SCc2ccc(Cl)cc2)S(=O)(=O)c2ccc(OC)c(OC)c2)c1. The fourth-order valence-corrected chi connectivity index (χ4v) is 6.68. The molecule has 4 aromatic rings. The number of methoxy groups -OCH3 is 4. The molecule has 0 radical (unpaired) electrons. The molecule has 0 saturated heterocycles. The normalized spacial score (nSPS) is 11.0. The molecule has 0 aromatic heterocycles. The molecule has 0 heterocycles. The van der Waals surface area contributed by atoms with E-state index in [9.17, 15) is 13.2 Å². The van der Waals surface area contributed by atoms with E-state index in [4.69, 9.17) is 30.5 Å². The molecule has 9 nitrogen and oxygen atoms in total. The van der Waals surface area contributed by atoms with Crippen molar-refractivity contribution in [1.82, 2.24) is 0 Å². The van der Waals surface area contributed by atoms with Gasteiger partial charge in [-0.25, -0.2) is 8.42 Å². The molecule has 12 heteroatoms. The van der Waals surface area contributed by atoms with Crippen LogP contribution in [0.15, 0.2) is 94.7 Å². The number of halogens is 1. The van der Waals surface area contributed by atoms with Crippen molar-refractivity contribution in [1.29, 1.82) is 0 Å². The van der Waals surface area contributed by atoms with Gasteiger partial charge in [0.25, 0.3) is 10.0 Å². The number of para-hydroxylation sites is 1.